The van der Waals surface area contributed by atoms with Crippen LogP contribution in [-0.2, 0) is 9.53 Å². The van der Waals surface area contributed by atoms with Crippen molar-refractivity contribution in [2.24, 2.45) is 5.11 Å². The Balaban J connectivity index is 1.76. The number of rotatable bonds is 9. The van der Waals surface area contributed by atoms with Crippen LogP contribution in [0.2, 0.25) is 0 Å². The van der Waals surface area contributed by atoms with Crippen LogP contribution in [-0.4, -0.2) is 19.3 Å². The van der Waals surface area contributed by atoms with Gasteiger partial charge in [-0.2, -0.15) is 0 Å². The minimum atomic E-state index is -0.422. The lowest BCUT2D eigenvalue weighted by Crippen LogP contribution is -2.10. The molecule has 0 unspecified atom stereocenters. The third kappa shape index (κ3) is 5.86. The Hall–Kier alpha value is -2.99. The zero-order valence-electron chi connectivity index (χ0n) is 13.9. The highest BCUT2D eigenvalue weighted by molar-refractivity contribution is 5.81. The van der Waals surface area contributed by atoms with Crippen LogP contribution in [0.5, 0.6) is 5.75 Å². The summed E-state index contributed by atoms with van der Waals surface area (Å²) in [7, 11) is 0. The minimum Gasteiger partial charge on any atom is -0.457 e. The number of azide groups is 1. The fourth-order valence-electron chi connectivity index (χ4n) is 2.30. The van der Waals surface area contributed by atoms with Gasteiger partial charge in [0.25, 0.3) is 0 Å². The second kappa shape index (κ2) is 9.34. The summed E-state index contributed by atoms with van der Waals surface area (Å²) in [5, 5.41) is 4.24. The van der Waals surface area contributed by atoms with Crippen LogP contribution in [0.1, 0.15) is 31.2 Å². The smallest absolute Gasteiger partial charge is 0.336 e. The van der Waals surface area contributed by atoms with Gasteiger partial charge in [-0.15, -0.1) is 0 Å². The number of nitrogens with zero attached hydrogens (tertiary/aromatic N) is 3. The first-order valence-corrected chi connectivity index (χ1v) is 7.94. The van der Waals surface area contributed by atoms with E-state index in [-0.39, 0.29) is 19.2 Å². The van der Waals surface area contributed by atoms with Crippen LogP contribution in [0.4, 0.5) is 0 Å². The van der Waals surface area contributed by atoms with Crippen molar-refractivity contribution in [1.82, 2.24) is 0 Å². The number of hydrogen-bond acceptors (Lipinski definition) is 6. The molecular formula is C17H19N3O5. The molecule has 0 fully saturated rings. The summed E-state index contributed by atoms with van der Waals surface area (Å²) in [6.07, 6.45) is 2.49. The van der Waals surface area contributed by atoms with Crippen molar-refractivity contribution in [3.05, 3.63) is 50.7 Å². The van der Waals surface area contributed by atoms with E-state index in [1.807, 2.05) is 6.92 Å². The molecule has 1 aromatic carbocycles. The van der Waals surface area contributed by atoms with E-state index in [9.17, 15) is 9.59 Å². The molecule has 0 bridgehead atoms. The summed E-state index contributed by atoms with van der Waals surface area (Å²) in [6.45, 7) is 2.06. The molecule has 0 aliphatic heterocycles. The number of unbranched alkanes of at least 4 members (excludes halogenated alkanes) is 2. The molecule has 0 aliphatic carbocycles. The van der Waals surface area contributed by atoms with Crippen molar-refractivity contribution in [1.29, 1.82) is 0 Å². The molecule has 2 rings (SSSR count). The van der Waals surface area contributed by atoms with Gasteiger partial charge in [0.15, 0.2) is 0 Å². The molecule has 8 heteroatoms. The number of carbonyl (C=O) groups excluding carboxylic acids is 1. The fourth-order valence-corrected chi connectivity index (χ4v) is 2.30. The third-order valence-electron chi connectivity index (χ3n) is 3.57. The summed E-state index contributed by atoms with van der Waals surface area (Å²) in [6, 6.07) is 6.53. The molecule has 0 saturated heterocycles. The lowest BCUT2D eigenvalue weighted by Gasteiger charge is -2.08. The first-order chi connectivity index (χ1) is 12.1. The van der Waals surface area contributed by atoms with Gasteiger partial charge in [-0.3, -0.25) is 4.79 Å². The van der Waals surface area contributed by atoms with E-state index >= 15 is 0 Å². The Labute approximate surface area is 144 Å². The Bertz CT molecular complexity index is 840. The number of ether oxygens (including phenoxy) is 2. The highest BCUT2D eigenvalue weighted by Gasteiger charge is 2.06. The molecule has 0 amide bonds. The first-order valence-electron chi connectivity index (χ1n) is 7.94. The monoisotopic (exact) mass is 345 g/mol. The zero-order valence-corrected chi connectivity index (χ0v) is 13.9. The fraction of sp³-hybridized carbons (Fsp3) is 0.412. The van der Waals surface area contributed by atoms with Crippen molar-refractivity contribution < 1.29 is 18.7 Å². The predicted octanol–water partition coefficient (Wildman–Crippen LogP) is 3.85. The molecule has 0 saturated carbocycles. The van der Waals surface area contributed by atoms with Crippen molar-refractivity contribution in [3.8, 4) is 5.75 Å². The lowest BCUT2D eigenvalue weighted by atomic mass is 10.1. The van der Waals surface area contributed by atoms with E-state index in [1.165, 1.54) is 6.07 Å². The minimum absolute atomic E-state index is 0.209. The molecule has 8 nitrogen and oxygen atoms in total. The number of benzene rings is 1. The molecule has 0 spiro atoms. The molecule has 0 N–H and O–H groups in total. The second-order valence-electron chi connectivity index (χ2n) is 5.45. The SMILES string of the molecule is Cc1cc(=O)oc2cc(OCOC(=O)CCCCCN=[N+]=[N-])ccc12. The largest absolute Gasteiger partial charge is 0.457 e. The highest BCUT2D eigenvalue weighted by atomic mass is 16.7. The van der Waals surface area contributed by atoms with Crippen molar-refractivity contribution in [2.45, 2.75) is 32.6 Å². The summed E-state index contributed by atoms with van der Waals surface area (Å²) >= 11 is 0. The van der Waals surface area contributed by atoms with Crippen LogP contribution < -0.4 is 10.4 Å². The number of fused-ring (bicyclic) bond motifs is 1. The number of carbonyl (C=O) groups is 1. The van der Waals surface area contributed by atoms with Gasteiger partial charge in [-0.05, 0) is 43.0 Å². The van der Waals surface area contributed by atoms with Gasteiger partial charge in [0.1, 0.15) is 11.3 Å². The van der Waals surface area contributed by atoms with Gasteiger partial charge in [0, 0.05) is 35.4 Å². The standard InChI is InChI=1S/C17H19N3O5/c1-12-9-17(22)25-15-10-13(6-7-14(12)15)23-11-24-16(21)5-3-2-4-8-19-20-18/h6-7,9-10H,2-5,8,11H2,1H3. The molecule has 0 radical (unpaired) electrons. The van der Waals surface area contributed by atoms with Crippen LogP contribution in [0.15, 0.2) is 38.6 Å². The van der Waals surface area contributed by atoms with Crippen molar-refractivity contribution in [2.75, 3.05) is 13.3 Å². The molecular weight excluding hydrogens is 326 g/mol. The average Bonchev–Trinajstić information content (AvgIpc) is 2.57. The molecule has 25 heavy (non-hydrogen) atoms. The van der Waals surface area contributed by atoms with Crippen LogP contribution in [0.25, 0.3) is 21.4 Å². The maximum atomic E-state index is 11.6. The lowest BCUT2D eigenvalue weighted by molar-refractivity contribution is -0.150. The van der Waals surface area contributed by atoms with Crippen LogP contribution in [0, 0.1) is 6.92 Å². The van der Waals surface area contributed by atoms with E-state index in [0.29, 0.717) is 24.3 Å². The molecule has 0 aliphatic rings. The Morgan fingerprint density at radius 3 is 2.92 bits per heavy atom. The molecule has 2 aromatic rings. The van der Waals surface area contributed by atoms with Gasteiger partial charge >= 0.3 is 11.6 Å². The maximum absolute atomic E-state index is 11.6. The molecule has 1 aromatic heterocycles. The molecule has 0 atom stereocenters. The normalized spacial score (nSPS) is 10.3. The van der Waals surface area contributed by atoms with Gasteiger partial charge in [-0.25, -0.2) is 4.79 Å². The van der Waals surface area contributed by atoms with E-state index < -0.39 is 5.63 Å². The van der Waals surface area contributed by atoms with Crippen LogP contribution in [0.3, 0.4) is 0 Å². The topological polar surface area (TPSA) is 115 Å². The van der Waals surface area contributed by atoms with E-state index in [4.69, 9.17) is 19.4 Å². The van der Waals surface area contributed by atoms with E-state index in [0.717, 1.165) is 23.8 Å². The third-order valence-corrected chi connectivity index (χ3v) is 3.57. The van der Waals surface area contributed by atoms with Crippen molar-refractivity contribution in [3.63, 3.8) is 0 Å². The molecule has 1 heterocycles. The van der Waals surface area contributed by atoms with E-state index in [1.54, 1.807) is 18.2 Å². The van der Waals surface area contributed by atoms with Gasteiger partial charge < -0.3 is 13.9 Å². The van der Waals surface area contributed by atoms with Gasteiger partial charge in [-0.1, -0.05) is 11.5 Å². The molecule has 132 valence electrons. The Morgan fingerprint density at radius 1 is 1.28 bits per heavy atom. The number of esters is 1. The summed E-state index contributed by atoms with van der Waals surface area (Å²) < 4.78 is 15.5. The highest BCUT2D eigenvalue weighted by Crippen LogP contribution is 2.22. The van der Waals surface area contributed by atoms with E-state index in [2.05, 4.69) is 10.0 Å². The second-order valence-corrected chi connectivity index (χ2v) is 5.45. The quantitative estimate of drug-likeness (QED) is 0.130. The number of hydrogen-bond donors (Lipinski definition) is 0. The van der Waals surface area contributed by atoms with Crippen molar-refractivity contribution >= 4 is 16.9 Å². The Morgan fingerprint density at radius 2 is 2.12 bits per heavy atom. The predicted molar refractivity (Wildman–Crippen MR) is 91.3 cm³/mol. The number of aryl methyl sites for hydroxylation is 1. The summed E-state index contributed by atoms with van der Waals surface area (Å²) in [5.74, 6) is 0.0929. The van der Waals surface area contributed by atoms with Gasteiger partial charge in [0.2, 0.25) is 6.79 Å². The Kier molecular flexibility index (Phi) is 6.86. The summed E-state index contributed by atoms with van der Waals surface area (Å²) in [5.41, 5.74) is 8.96. The van der Waals surface area contributed by atoms with Gasteiger partial charge in [0.05, 0.1) is 0 Å². The van der Waals surface area contributed by atoms with Crippen LogP contribution >= 0.6 is 0 Å². The summed E-state index contributed by atoms with van der Waals surface area (Å²) in [4.78, 5) is 25.6. The zero-order chi connectivity index (χ0) is 18.1. The average molecular weight is 345 g/mol. The maximum Gasteiger partial charge on any atom is 0.336 e. The first kappa shape index (κ1) is 18.4.